The Hall–Kier alpha value is -3.75. The second kappa shape index (κ2) is 10.3. The van der Waals surface area contributed by atoms with E-state index in [0.717, 1.165) is 5.56 Å². The zero-order valence-corrected chi connectivity index (χ0v) is 17.2. The molecular formula is C22H24F3N5O. The molecule has 0 saturated heterocycles. The van der Waals surface area contributed by atoms with Gasteiger partial charge in [0.25, 0.3) is 5.91 Å². The number of anilines is 1. The summed E-state index contributed by atoms with van der Waals surface area (Å²) in [4.78, 5) is 17.3. The molecule has 0 bridgehead atoms. The van der Waals surface area contributed by atoms with Gasteiger partial charge in [-0.2, -0.15) is 18.2 Å². The maximum atomic E-state index is 13.4. The molecule has 164 valence electrons. The predicted molar refractivity (Wildman–Crippen MR) is 116 cm³/mol. The first-order chi connectivity index (χ1) is 14.6. The smallest absolute Gasteiger partial charge is 0.369 e. The molecule has 0 aliphatic heterocycles. The standard InChI is InChI=1S/C22H24F3N5O/c1-4-18(22(23,24)25)19(27-14-15-8-6-5-7-9-15)29-21(26)28-17-12-10-16(11-13-17)20(31)30(2)3/h4-13,27H,1,14H2,2-3H3,(H3,26,28,29)/b19-18+. The lowest BCUT2D eigenvalue weighted by molar-refractivity contribution is -0.0893. The number of alkyl halides is 3. The second-order valence-corrected chi connectivity index (χ2v) is 6.70. The lowest BCUT2D eigenvalue weighted by Crippen LogP contribution is -2.27. The van der Waals surface area contributed by atoms with Crippen molar-refractivity contribution in [1.29, 1.82) is 0 Å². The van der Waals surface area contributed by atoms with Gasteiger partial charge in [-0.25, -0.2) is 0 Å². The van der Waals surface area contributed by atoms with Crippen LogP contribution in [0.25, 0.3) is 0 Å². The molecule has 0 aromatic heterocycles. The molecule has 6 nitrogen and oxygen atoms in total. The second-order valence-electron chi connectivity index (χ2n) is 6.70. The van der Waals surface area contributed by atoms with Gasteiger partial charge in [-0.1, -0.05) is 43.0 Å². The van der Waals surface area contributed by atoms with Crippen molar-refractivity contribution in [1.82, 2.24) is 10.2 Å². The van der Waals surface area contributed by atoms with E-state index in [1.807, 2.05) is 6.07 Å². The Morgan fingerprint density at radius 2 is 1.74 bits per heavy atom. The monoisotopic (exact) mass is 431 g/mol. The Bertz CT molecular complexity index is 965. The van der Waals surface area contributed by atoms with Crippen LogP contribution in [0, 0.1) is 0 Å². The van der Waals surface area contributed by atoms with E-state index in [2.05, 4.69) is 22.2 Å². The van der Waals surface area contributed by atoms with Crippen molar-refractivity contribution in [2.75, 3.05) is 19.4 Å². The van der Waals surface area contributed by atoms with Gasteiger partial charge in [0.1, 0.15) is 5.82 Å². The van der Waals surface area contributed by atoms with Crippen molar-refractivity contribution < 1.29 is 18.0 Å². The Kier molecular flexibility index (Phi) is 7.84. The number of nitrogens with zero attached hydrogens (tertiary/aromatic N) is 2. The van der Waals surface area contributed by atoms with E-state index < -0.39 is 17.6 Å². The van der Waals surface area contributed by atoms with Crippen LogP contribution in [0.2, 0.25) is 0 Å². The molecule has 0 saturated carbocycles. The van der Waals surface area contributed by atoms with Crippen molar-refractivity contribution >= 4 is 17.6 Å². The van der Waals surface area contributed by atoms with Gasteiger partial charge >= 0.3 is 6.18 Å². The molecule has 1 amide bonds. The summed E-state index contributed by atoms with van der Waals surface area (Å²) in [5.74, 6) is -0.897. The minimum Gasteiger partial charge on any atom is -0.369 e. The maximum absolute atomic E-state index is 13.4. The molecule has 4 N–H and O–H groups in total. The van der Waals surface area contributed by atoms with Gasteiger partial charge in [-0.15, -0.1) is 0 Å². The number of guanidine groups is 1. The summed E-state index contributed by atoms with van der Waals surface area (Å²) in [6.45, 7) is 3.36. The first-order valence-corrected chi connectivity index (χ1v) is 9.26. The third kappa shape index (κ3) is 6.91. The lowest BCUT2D eigenvalue weighted by atomic mass is 10.2. The van der Waals surface area contributed by atoms with Gasteiger partial charge in [0, 0.05) is 31.9 Å². The predicted octanol–water partition coefficient (Wildman–Crippen LogP) is 3.86. The number of carbonyl (C=O) groups is 1. The van der Waals surface area contributed by atoms with Crippen molar-refractivity contribution in [2.24, 2.45) is 10.7 Å². The van der Waals surface area contributed by atoms with E-state index in [1.54, 1.807) is 62.6 Å². The maximum Gasteiger partial charge on any atom is 0.419 e. The molecule has 0 aliphatic rings. The number of allylic oxidation sites excluding steroid dienone is 2. The molecule has 0 aliphatic carbocycles. The average Bonchev–Trinajstić information content (AvgIpc) is 2.72. The highest BCUT2D eigenvalue weighted by Crippen LogP contribution is 2.29. The van der Waals surface area contributed by atoms with Crippen LogP contribution >= 0.6 is 0 Å². The molecule has 31 heavy (non-hydrogen) atoms. The van der Waals surface area contributed by atoms with Crippen LogP contribution in [0.15, 0.2) is 83.6 Å². The van der Waals surface area contributed by atoms with Gasteiger partial charge in [-0.3, -0.25) is 4.79 Å². The summed E-state index contributed by atoms with van der Waals surface area (Å²) in [6.07, 6.45) is -3.98. The molecule has 0 fully saturated rings. The number of aliphatic imine (C=N–C) groups is 1. The van der Waals surface area contributed by atoms with E-state index in [9.17, 15) is 18.0 Å². The van der Waals surface area contributed by atoms with Crippen LogP contribution in [0.3, 0.4) is 0 Å². The Balaban J connectivity index is 2.26. The van der Waals surface area contributed by atoms with E-state index in [1.165, 1.54) is 4.90 Å². The largest absolute Gasteiger partial charge is 0.419 e. The summed E-state index contributed by atoms with van der Waals surface area (Å²) in [6, 6.07) is 15.2. The van der Waals surface area contributed by atoms with Crippen LogP contribution in [-0.2, 0) is 6.54 Å². The molecule has 0 heterocycles. The summed E-state index contributed by atoms with van der Waals surface area (Å²) in [5.41, 5.74) is 6.50. The van der Waals surface area contributed by atoms with Crippen molar-refractivity contribution in [3.05, 3.63) is 89.8 Å². The van der Waals surface area contributed by atoms with Gasteiger partial charge in [0.15, 0.2) is 5.96 Å². The highest BCUT2D eigenvalue weighted by Gasteiger charge is 2.34. The summed E-state index contributed by atoms with van der Waals surface area (Å²) < 4.78 is 40.3. The molecule has 2 rings (SSSR count). The average molecular weight is 431 g/mol. The molecule has 2 aromatic rings. The van der Waals surface area contributed by atoms with E-state index >= 15 is 0 Å². The highest BCUT2D eigenvalue weighted by molar-refractivity contribution is 5.96. The number of hydrogen-bond donors (Lipinski definition) is 3. The van der Waals surface area contributed by atoms with Crippen LogP contribution in [0.4, 0.5) is 18.9 Å². The van der Waals surface area contributed by atoms with Crippen LogP contribution in [0.5, 0.6) is 0 Å². The lowest BCUT2D eigenvalue weighted by Gasteiger charge is -2.15. The van der Waals surface area contributed by atoms with Gasteiger partial charge in [-0.05, 0) is 29.8 Å². The summed E-state index contributed by atoms with van der Waals surface area (Å²) in [5, 5.41) is 5.40. The first-order valence-electron chi connectivity index (χ1n) is 9.26. The van der Waals surface area contributed by atoms with Crippen molar-refractivity contribution in [2.45, 2.75) is 12.7 Å². The molecule has 9 heteroatoms. The number of amides is 1. The number of carbonyl (C=O) groups excluding carboxylic acids is 1. The quantitative estimate of drug-likeness (QED) is 0.353. The number of nitrogens with two attached hydrogens (primary N) is 1. The number of benzene rings is 2. The molecular weight excluding hydrogens is 407 g/mol. The molecule has 0 atom stereocenters. The van der Waals surface area contributed by atoms with E-state index in [-0.39, 0.29) is 18.4 Å². The minimum absolute atomic E-state index is 0.113. The van der Waals surface area contributed by atoms with Gasteiger partial charge in [0.2, 0.25) is 0 Å². The number of hydrogen-bond acceptors (Lipinski definition) is 3. The third-order valence-corrected chi connectivity index (χ3v) is 4.11. The number of halogens is 3. The molecule has 0 spiro atoms. The fourth-order valence-corrected chi connectivity index (χ4v) is 2.57. The minimum atomic E-state index is -4.67. The highest BCUT2D eigenvalue weighted by atomic mass is 19.4. The zero-order valence-electron chi connectivity index (χ0n) is 17.2. The van der Waals surface area contributed by atoms with E-state index in [4.69, 9.17) is 5.73 Å². The van der Waals surface area contributed by atoms with Crippen molar-refractivity contribution in [3.63, 3.8) is 0 Å². The normalized spacial score (nSPS) is 12.6. The third-order valence-electron chi connectivity index (χ3n) is 4.11. The fourth-order valence-electron chi connectivity index (χ4n) is 2.57. The Labute approximate surface area is 179 Å². The van der Waals surface area contributed by atoms with Crippen LogP contribution < -0.4 is 16.4 Å². The van der Waals surface area contributed by atoms with Crippen LogP contribution in [0.1, 0.15) is 15.9 Å². The summed E-state index contributed by atoms with van der Waals surface area (Å²) in [7, 11) is 3.26. The van der Waals surface area contributed by atoms with Gasteiger partial charge < -0.3 is 21.3 Å². The number of nitrogens with one attached hydrogen (secondary N) is 2. The van der Waals surface area contributed by atoms with E-state index in [0.29, 0.717) is 17.3 Å². The summed E-state index contributed by atoms with van der Waals surface area (Å²) >= 11 is 0. The van der Waals surface area contributed by atoms with Gasteiger partial charge in [0.05, 0.1) is 5.57 Å². The van der Waals surface area contributed by atoms with Crippen LogP contribution in [-0.4, -0.2) is 37.0 Å². The SMILES string of the molecule is C=C/C(=C(\N=C(N)Nc1ccc(C(=O)N(C)C)cc1)NCc1ccccc1)C(F)(F)F. The topological polar surface area (TPSA) is 82.7 Å². The zero-order chi connectivity index (χ0) is 23.0. The Morgan fingerprint density at radius 3 is 2.26 bits per heavy atom. The molecule has 0 unspecified atom stereocenters. The Morgan fingerprint density at radius 1 is 1.13 bits per heavy atom. The molecule has 2 aromatic carbocycles. The number of rotatable bonds is 7. The molecule has 0 radical (unpaired) electrons. The first kappa shape index (κ1) is 23.5. The fraction of sp³-hybridized carbons (Fsp3) is 0.182. The van der Waals surface area contributed by atoms with Crippen molar-refractivity contribution in [3.8, 4) is 0 Å².